The van der Waals surface area contributed by atoms with Gasteiger partial charge in [0.05, 0.1) is 0 Å². The molecule has 2 rings (SSSR count). The van der Waals surface area contributed by atoms with E-state index < -0.39 is 0 Å². The first-order chi connectivity index (χ1) is 6.29. The van der Waals surface area contributed by atoms with Gasteiger partial charge in [-0.05, 0) is 19.9 Å². The highest BCUT2D eigenvalue weighted by atomic mass is 15.3. The molecule has 0 atom stereocenters. The van der Waals surface area contributed by atoms with Crippen molar-refractivity contribution in [2.45, 2.75) is 13.3 Å². The maximum Gasteiger partial charge on any atom is 0.154 e. The average molecular weight is 178 g/mol. The molecule has 0 amide bonds. The second-order valence-corrected chi connectivity index (χ2v) is 3.39. The molecule has 0 aromatic carbocycles. The Labute approximate surface area is 77.7 Å². The standard InChI is InChI=1S/C9H14N4/c1-7-3-4-10-5-8(7)9-11-6-12-13(9)2/h6,10H,3-5H2,1-2H3. The number of hydrogen-bond acceptors (Lipinski definition) is 3. The Balaban J connectivity index is 2.40. The quantitative estimate of drug-likeness (QED) is 0.684. The van der Waals surface area contributed by atoms with Gasteiger partial charge in [0.25, 0.3) is 0 Å². The molecular weight excluding hydrogens is 164 g/mol. The van der Waals surface area contributed by atoms with Gasteiger partial charge in [-0.1, -0.05) is 5.57 Å². The van der Waals surface area contributed by atoms with Crippen LogP contribution in [0.15, 0.2) is 11.9 Å². The topological polar surface area (TPSA) is 42.7 Å². The lowest BCUT2D eigenvalue weighted by Crippen LogP contribution is -2.25. The summed E-state index contributed by atoms with van der Waals surface area (Å²) in [6.07, 6.45) is 2.71. The van der Waals surface area contributed by atoms with Crippen molar-refractivity contribution in [1.82, 2.24) is 20.1 Å². The Morgan fingerprint density at radius 1 is 1.54 bits per heavy atom. The monoisotopic (exact) mass is 178 g/mol. The lowest BCUT2D eigenvalue weighted by atomic mass is 10.0. The van der Waals surface area contributed by atoms with E-state index in [0.717, 1.165) is 25.3 Å². The Bertz CT molecular complexity index is 337. The first kappa shape index (κ1) is 8.44. The highest BCUT2D eigenvalue weighted by Gasteiger charge is 2.14. The van der Waals surface area contributed by atoms with Crippen molar-refractivity contribution in [3.8, 4) is 0 Å². The lowest BCUT2D eigenvalue weighted by molar-refractivity contribution is 0.692. The van der Waals surface area contributed by atoms with E-state index in [0.29, 0.717) is 0 Å². The summed E-state index contributed by atoms with van der Waals surface area (Å²) >= 11 is 0. The van der Waals surface area contributed by atoms with Crippen molar-refractivity contribution in [2.75, 3.05) is 13.1 Å². The normalized spacial score (nSPS) is 18.0. The van der Waals surface area contributed by atoms with Crippen LogP contribution in [0.2, 0.25) is 0 Å². The second kappa shape index (κ2) is 3.30. The minimum Gasteiger partial charge on any atom is -0.312 e. The Hall–Kier alpha value is -1.16. The van der Waals surface area contributed by atoms with Gasteiger partial charge in [0.2, 0.25) is 0 Å². The molecule has 0 radical (unpaired) electrons. The summed E-state index contributed by atoms with van der Waals surface area (Å²) < 4.78 is 1.83. The molecule has 0 fully saturated rings. The summed E-state index contributed by atoms with van der Waals surface area (Å²) in [6, 6.07) is 0. The van der Waals surface area contributed by atoms with Crippen molar-refractivity contribution in [3.05, 3.63) is 17.7 Å². The first-order valence-electron chi connectivity index (χ1n) is 4.53. The van der Waals surface area contributed by atoms with E-state index in [-0.39, 0.29) is 0 Å². The van der Waals surface area contributed by atoms with Crippen LogP contribution < -0.4 is 5.32 Å². The number of rotatable bonds is 1. The van der Waals surface area contributed by atoms with Crippen molar-refractivity contribution < 1.29 is 0 Å². The lowest BCUT2D eigenvalue weighted by Gasteiger charge is -2.17. The zero-order valence-electron chi connectivity index (χ0n) is 8.04. The number of aromatic nitrogens is 3. The van der Waals surface area contributed by atoms with Crippen molar-refractivity contribution in [1.29, 1.82) is 0 Å². The van der Waals surface area contributed by atoms with Crippen molar-refractivity contribution >= 4 is 5.57 Å². The third kappa shape index (κ3) is 1.49. The van der Waals surface area contributed by atoms with Crippen LogP contribution in [-0.2, 0) is 7.05 Å². The van der Waals surface area contributed by atoms with E-state index in [1.165, 1.54) is 11.1 Å². The van der Waals surface area contributed by atoms with Gasteiger partial charge in [-0.2, -0.15) is 5.10 Å². The summed E-state index contributed by atoms with van der Waals surface area (Å²) in [4.78, 5) is 4.24. The van der Waals surface area contributed by atoms with Crippen molar-refractivity contribution in [2.24, 2.45) is 7.05 Å². The largest absolute Gasteiger partial charge is 0.312 e. The van der Waals surface area contributed by atoms with E-state index in [1.54, 1.807) is 6.33 Å². The number of nitrogens with one attached hydrogen (secondary N) is 1. The number of nitrogens with zero attached hydrogens (tertiary/aromatic N) is 3. The molecule has 13 heavy (non-hydrogen) atoms. The molecule has 1 aromatic heterocycles. The van der Waals surface area contributed by atoms with Gasteiger partial charge in [0, 0.05) is 19.2 Å². The predicted octanol–water partition coefficient (Wildman–Crippen LogP) is 0.582. The molecule has 1 aromatic rings. The van der Waals surface area contributed by atoms with Gasteiger partial charge in [-0.25, -0.2) is 9.67 Å². The number of hydrogen-bond donors (Lipinski definition) is 1. The van der Waals surface area contributed by atoms with E-state index in [1.807, 2.05) is 11.7 Å². The van der Waals surface area contributed by atoms with Gasteiger partial charge in [-0.3, -0.25) is 0 Å². The Morgan fingerprint density at radius 3 is 3.00 bits per heavy atom. The summed E-state index contributed by atoms with van der Waals surface area (Å²) in [7, 11) is 1.93. The molecule has 2 heterocycles. The maximum atomic E-state index is 4.24. The Kier molecular flexibility index (Phi) is 2.14. The van der Waals surface area contributed by atoms with Gasteiger partial charge in [0.1, 0.15) is 6.33 Å². The highest BCUT2D eigenvalue weighted by molar-refractivity contribution is 5.65. The van der Waals surface area contributed by atoms with Crippen LogP contribution in [0.4, 0.5) is 0 Å². The maximum absolute atomic E-state index is 4.24. The smallest absolute Gasteiger partial charge is 0.154 e. The summed E-state index contributed by atoms with van der Waals surface area (Å²) in [5.74, 6) is 0.990. The third-order valence-corrected chi connectivity index (χ3v) is 2.48. The molecule has 70 valence electrons. The zero-order valence-corrected chi connectivity index (χ0v) is 8.04. The van der Waals surface area contributed by atoms with Gasteiger partial charge in [-0.15, -0.1) is 0 Å². The first-order valence-corrected chi connectivity index (χ1v) is 4.53. The molecule has 0 aliphatic carbocycles. The SMILES string of the molecule is CC1=C(c2ncnn2C)CNCC1. The molecule has 0 bridgehead atoms. The van der Waals surface area contributed by atoms with Crippen molar-refractivity contribution in [3.63, 3.8) is 0 Å². The van der Waals surface area contributed by atoms with Crippen LogP contribution in [0.3, 0.4) is 0 Å². The average Bonchev–Trinajstić information content (AvgIpc) is 2.52. The van der Waals surface area contributed by atoms with E-state index in [4.69, 9.17) is 0 Å². The van der Waals surface area contributed by atoms with Crippen LogP contribution >= 0.6 is 0 Å². The third-order valence-electron chi connectivity index (χ3n) is 2.48. The molecule has 1 aliphatic heterocycles. The minimum absolute atomic E-state index is 0.915. The van der Waals surface area contributed by atoms with Gasteiger partial charge < -0.3 is 5.32 Å². The zero-order chi connectivity index (χ0) is 9.26. The number of aryl methyl sites for hydroxylation is 1. The molecule has 4 heteroatoms. The summed E-state index contributed by atoms with van der Waals surface area (Å²) in [6.45, 7) is 4.16. The summed E-state index contributed by atoms with van der Waals surface area (Å²) in [5, 5.41) is 7.41. The van der Waals surface area contributed by atoms with Crippen LogP contribution in [0.5, 0.6) is 0 Å². The van der Waals surface area contributed by atoms with Crippen LogP contribution in [0.25, 0.3) is 5.57 Å². The molecule has 1 N–H and O–H groups in total. The van der Waals surface area contributed by atoms with E-state index in [2.05, 4.69) is 22.3 Å². The second-order valence-electron chi connectivity index (χ2n) is 3.39. The molecule has 4 nitrogen and oxygen atoms in total. The fourth-order valence-electron chi connectivity index (χ4n) is 1.63. The molecule has 0 spiro atoms. The highest BCUT2D eigenvalue weighted by Crippen LogP contribution is 2.19. The minimum atomic E-state index is 0.915. The molecule has 0 saturated heterocycles. The fraction of sp³-hybridized carbons (Fsp3) is 0.556. The molecule has 0 saturated carbocycles. The van der Waals surface area contributed by atoms with Crippen LogP contribution in [0.1, 0.15) is 19.2 Å². The molecule has 1 aliphatic rings. The van der Waals surface area contributed by atoms with Crippen LogP contribution in [-0.4, -0.2) is 27.9 Å². The summed E-state index contributed by atoms with van der Waals surface area (Å²) in [5.41, 5.74) is 2.72. The van der Waals surface area contributed by atoms with Crippen LogP contribution in [0, 0.1) is 0 Å². The fourth-order valence-corrected chi connectivity index (χ4v) is 1.63. The Morgan fingerprint density at radius 2 is 2.38 bits per heavy atom. The predicted molar refractivity (Wildman–Crippen MR) is 51.1 cm³/mol. The van der Waals surface area contributed by atoms with Gasteiger partial charge in [0.15, 0.2) is 5.82 Å². The molecule has 0 unspecified atom stereocenters. The van der Waals surface area contributed by atoms with Gasteiger partial charge >= 0.3 is 0 Å². The molecular formula is C9H14N4. The van der Waals surface area contributed by atoms with E-state index in [9.17, 15) is 0 Å². The van der Waals surface area contributed by atoms with E-state index >= 15 is 0 Å².